The van der Waals surface area contributed by atoms with E-state index in [4.69, 9.17) is 5.84 Å². The van der Waals surface area contributed by atoms with Crippen LogP contribution in [0.25, 0.3) is 0 Å². The van der Waals surface area contributed by atoms with E-state index in [0.717, 1.165) is 16.4 Å². The fourth-order valence-electron chi connectivity index (χ4n) is 1.95. The number of nitrogens with zero attached hydrogens (tertiary/aromatic N) is 3. The van der Waals surface area contributed by atoms with Crippen LogP contribution >= 0.6 is 15.9 Å². The summed E-state index contributed by atoms with van der Waals surface area (Å²) in [5.74, 6) is 5.22. The van der Waals surface area contributed by atoms with Crippen LogP contribution < -0.4 is 11.3 Å². The van der Waals surface area contributed by atoms with E-state index in [2.05, 4.69) is 31.4 Å². The van der Waals surface area contributed by atoms with E-state index < -0.39 is 5.82 Å². The fourth-order valence-corrected chi connectivity index (χ4v) is 2.45. The number of pyridine rings is 1. The van der Waals surface area contributed by atoms with Crippen LogP contribution in [0.5, 0.6) is 0 Å². The summed E-state index contributed by atoms with van der Waals surface area (Å²) < 4.78 is 15.9. The molecule has 0 saturated heterocycles. The molecule has 19 heavy (non-hydrogen) atoms. The van der Waals surface area contributed by atoms with Crippen LogP contribution in [-0.4, -0.2) is 14.8 Å². The second-order valence-corrected chi connectivity index (χ2v) is 5.31. The molecule has 2 heterocycles. The van der Waals surface area contributed by atoms with Crippen LogP contribution in [-0.2, 0) is 0 Å². The van der Waals surface area contributed by atoms with E-state index in [1.165, 1.54) is 6.07 Å². The first-order valence-corrected chi connectivity index (χ1v) is 6.63. The first kappa shape index (κ1) is 14.1. The molecule has 3 N–H and O–H groups in total. The normalized spacial score (nSPS) is 12.9. The van der Waals surface area contributed by atoms with Crippen LogP contribution in [0.2, 0.25) is 0 Å². The molecule has 0 radical (unpaired) electrons. The van der Waals surface area contributed by atoms with Gasteiger partial charge in [0, 0.05) is 12.2 Å². The molecular weight excluding hydrogens is 313 g/mol. The van der Waals surface area contributed by atoms with Gasteiger partial charge in [-0.2, -0.15) is 5.10 Å². The van der Waals surface area contributed by atoms with Gasteiger partial charge in [-0.3, -0.25) is 15.5 Å². The SMILES string of the molecule is CC(C)n1ncc(Br)c1C(NN)c1cncc(F)c1. The predicted octanol–water partition coefficient (Wildman–Crippen LogP) is 2.31. The molecule has 0 aliphatic rings. The molecule has 2 aromatic heterocycles. The van der Waals surface area contributed by atoms with E-state index in [0.29, 0.717) is 5.56 Å². The number of hydrazine groups is 1. The lowest BCUT2D eigenvalue weighted by Gasteiger charge is -2.20. The maximum atomic E-state index is 13.3. The second-order valence-electron chi connectivity index (χ2n) is 4.45. The topological polar surface area (TPSA) is 68.8 Å². The molecule has 1 atom stereocenters. The fraction of sp³-hybridized carbons (Fsp3) is 0.333. The van der Waals surface area contributed by atoms with E-state index in [-0.39, 0.29) is 12.1 Å². The summed E-state index contributed by atoms with van der Waals surface area (Å²) in [6, 6.07) is 1.18. The zero-order chi connectivity index (χ0) is 14.0. The van der Waals surface area contributed by atoms with Gasteiger partial charge >= 0.3 is 0 Å². The largest absolute Gasteiger partial charge is 0.271 e. The Morgan fingerprint density at radius 1 is 1.37 bits per heavy atom. The molecule has 0 spiro atoms. The van der Waals surface area contributed by atoms with Gasteiger partial charge in [0.15, 0.2) is 0 Å². The standard InChI is InChI=1S/C12H15BrFN5/c1-7(2)19-12(10(13)6-17-19)11(18-15)8-3-9(14)5-16-4-8/h3-7,11,18H,15H2,1-2H3. The van der Waals surface area contributed by atoms with Crippen LogP contribution in [0.15, 0.2) is 29.1 Å². The minimum atomic E-state index is -0.399. The van der Waals surface area contributed by atoms with Crippen LogP contribution in [0, 0.1) is 5.82 Å². The molecule has 0 aliphatic carbocycles. The minimum absolute atomic E-state index is 0.165. The maximum Gasteiger partial charge on any atom is 0.141 e. The van der Waals surface area contributed by atoms with Gasteiger partial charge in [0.05, 0.1) is 28.6 Å². The van der Waals surface area contributed by atoms with Gasteiger partial charge in [-0.05, 0) is 41.4 Å². The van der Waals surface area contributed by atoms with E-state index in [9.17, 15) is 4.39 Å². The Morgan fingerprint density at radius 3 is 2.68 bits per heavy atom. The molecule has 0 saturated carbocycles. The summed E-state index contributed by atoms with van der Waals surface area (Å²) in [7, 11) is 0. The van der Waals surface area contributed by atoms with Gasteiger partial charge in [0.2, 0.25) is 0 Å². The Kier molecular flexibility index (Phi) is 4.28. The van der Waals surface area contributed by atoms with Crippen molar-refractivity contribution in [2.45, 2.75) is 25.9 Å². The smallest absolute Gasteiger partial charge is 0.141 e. The van der Waals surface area contributed by atoms with Crippen LogP contribution in [0.4, 0.5) is 4.39 Å². The Balaban J connectivity index is 2.51. The zero-order valence-corrected chi connectivity index (χ0v) is 12.2. The number of halogens is 2. The molecular formula is C12H15BrFN5. The van der Waals surface area contributed by atoms with E-state index >= 15 is 0 Å². The van der Waals surface area contributed by atoms with Crippen molar-refractivity contribution in [1.82, 2.24) is 20.2 Å². The highest BCUT2D eigenvalue weighted by atomic mass is 79.9. The number of rotatable bonds is 4. The zero-order valence-electron chi connectivity index (χ0n) is 10.6. The number of nitrogens with two attached hydrogens (primary N) is 1. The number of hydrogen-bond donors (Lipinski definition) is 2. The number of nitrogens with one attached hydrogen (secondary N) is 1. The molecule has 2 aromatic rings. The molecule has 102 valence electrons. The van der Waals surface area contributed by atoms with Gasteiger partial charge in [0.25, 0.3) is 0 Å². The number of aromatic nitrogens is 3. The summed E-state index contributed by atoms with van der Waals surface area (Å²) in [5, 5.41) is 4.29. The Hall–Kier alpha value is -1.31. The van der Waals surface area contributed by atoms with Crippen molar-refractivity contribution < 1.29 is 4.39 Å². The maximum absolute atomic E-state index is 13.3. The second kappa shape index (κ2) is 5.77. The molecule has 7 heteroatoms. The highest BCUT2D eigenvalue weighted by Gasteiger charge is 2.22. The van der Waals surface area contributed by atoms with Crippen molar-refractivity contribution in [3.8, 4) is 0 Å². The highest BCUT2D eigenvalue weighted by Crippen LogP contribution is 2.29. The molecule has 0 amide bonds. The highest BCUT2D eigenvalue weighted by molar-refractivity contribution is 9.10. The third-order valence-electron chi connectivity index (χ3n) is 2.78. The third-order valence-corrected chi connectivity index (χ3v) is 3.39. The summed E-state index contributed by atoms with van der Waals surface area (Å²) in [4.78, 5) is 3.85. The molecule has 5 nitrogen and oxygen atoms in total. The lowest BCUT2D eigenvalue weighted by atomic mass is 10.1. The molecule has 0 bridgehead atoms. The lowest BCUT2D eigenvalue weighted by Crippen LogP contribution is -2.31. The summed E-state index contributed by atoms with van der Waals surface area (Å²) in [6.07, 6.45) is 4.44. The summed E-state index contributed by atoms with van der Waals surface area (Å²) in [5.41, 5.74) is 4.17. The molecule has 0 aromatic carbocycles. The van der Waals surface area contributed by atoms with Gasteiger partial charge < -0.3 is 0 Å². The minimum Gasteiger partial charge on any atom is -0.271 e. The van der Waals surface area contributed by atoms with Crippen LogP contribution in [0.3, 0.4) is 0 Å². The van der Waals surface area contributed by atoms with Gasteiger partial charge in [-0.15, -0.1) is 0 Å². The summed E-state index contributed by atoms with van der Waals surface area (Å²) in [6.45, 7) is 4.03. The molecule has 1 unspecified atom stereocenters. The van der Waals surface area contributed by atoms with Crippen molar-refractivity contribution in [3.63, 3.8) is 0 Å². The molecule has 2 rings (SSSR count). The third kappa shape index (κ3) is 2.83. The van der Waals surface area contributed by atoms with Crippen molar-refractivity contribution in [2.24, 2.45) is 5.84 Å². The van der Waals surface area contributed by atoms with E-state index in [1.807, 2.05) is 18.5 Å². The van der Waals surface area contributed by atoms with Gasteiger partial charge in [-0.1, -0.05) is 0 Å². The first-order chi connectivity index (χ1) is 9.04. The van der Waals surface area contributed by atoms with E-state index in [1.54, 1.807) is 12.4 Å². The lowest BCUT2D eigenvalue weighted by molar-refractivity contribution is 0.473. The van der Waals surface area contributed by atoms with Crippen LogP contribution in [0.1, 0.15) is 37.2 Å². The van der Waals surface area contributed by atoms with Crippen molar-refractivity contribution in [2.75, 3.05) is 0 Å². The Bertz CT molecular complexity index is 569. The predicted molar refractivity (Wildman–Crippen MR) is 73.7 cm³/mol. The average molecular weight is 328 g/mol. The molecule has 0 aliphatic heterocycles. The summed E-state index contributed by atoms with van der Waals surface area (Å²) >= 11 is 3.45. The Labute approximate surface area is 119 Å². The monoisotopic (exact) mass is 327 g/mol. The number of hydrogen-bond acceptors (Lipinski definition) is 4. The van der Waals surface area contributed by atoms with Gasteiger partial charge in [0.1, 0.15) is 5.82 Å². The van der Waals surface area contributed by atoms with Crippen molar-refractivity contribution in [3.05, 3.63) is 46.2 Å². The quantitative estimate of drug-likeness (QED) is 0.668. The van der Waals surface area contributed by atoms with Gasteiger partial charge in [-0.25, -0.2) is 9.82 Å². The first-order valence-electron chi connectivity index (χ1n) is 5.84. The van der Waals surface area contributed by atoms with Crippen molar-refractivity contribution in [1.29, 1.82) is 0 Å². The average Bonchev–Trinajstić information content (AvgIpc) is 2.73. The molecule has 0 fully saturated rings. The van der Waals surface area contributed by atoms with Crippen molar-refractivity contribution >= 4 is 15.9 Å². The Morgan fingerprint density at radius 2 is 2.11 bits per heavy atom.